The van der Waals surface area contributed by atoms with Crippen molar-refractivity contribution < 1.29 is 24.5 Å². The van der Waals surface area contributed by atoms with Crippen molar-refractivity contribution in [3.63, 3.8) is 0 Å². The fourth-order valence-corrected chi connectivity index (χ4v) is 2.10. The number of carbonyl (C=O) groups is 2. The predicted molar refractivity (Wildman–Crippen MR) is 75.4 cm³/mol. The number of aliphatic carboxylic acids is 1. The van der Waals surface area contributed by atoms with Gasteiger partial charge in [-0.05, 0) is 25.0 Å². The van der Waals surface area contributed by atoms with E-state index in [1.54, 1.807) is 29.2 Å². The van der Waals surface area contributed by atoms with Crippen LogP contribution in [0.2, 0.25) is 0 Å². The maximum atomic E-state index is 12.1. The van der Waals surface area contributed by atoms with Crippen LogP contribution in [-0.4, -0.2) is 52.9 Å². The predicted octanol–water partition coefficient (Wildman–Crippen LogP) is 1.14. The number of aliphatic hydroxyl groups excluding tert-OH is 1. The topological polar surface area (TPSA) is 99.1 Å². The first-order valence-corrected chi connectivity index (χ1v) is 6.74. The second-order valence-electron chi connectivity index (χ2n) is 4.83. The van der Waals surface area contributed by atoms with Crippen molar-refractivity contribution in [1.82, 2.24) is 4.90 Å². The molecule has 0 aliphatic carbocycles. The summed E-state index contributed by atoms with van der Waals surface area (Å²) in [5, 5.41) is 20.8. The number of amides is 2. The number of carboxylic acid groups (broad SMARTS) is 1. The lowest BCUT2D eigenvalue weighted by atomic mass is 10.1. The zero-order valence-corrected chi connectivity index (χ0v) is 11.5. The molecular formula is C14H18N2O5. The van der Waals surface area contributed by atoms with Gasteiger partial charge in [0.15, 0.2) is 6.61 Å². The highest BCUT2D eigenvalue weighted by atomic mass is 16.5. The van der Waals surface area contributed by atoms with Gasteiger partial charge in [-0.1, -0.05) is 12.1 Å². The van der Waals surface area contributed by atoms with Gasteiger partial charge in [0.2, 0.25) is 0 Å². The number of nitrogens with one attached hydrogen (secondary N) is 1. The van der Waals surface area contributed by atoms with E-state index >= 15 is 0 Å². The summed E-state index contributed by atoms with van der Waals surface area (Å²) in [6, 6.07) is 6.38. The molecule has 0 radical (unpaired) electrons. The van der Waals surface area contributed by atoms with Gasteiger partial charge in [-0.2, -0.15) is 0 Å². The Morgan fingerprint density at radius 2 is 1.95 bits per heavy atom. The summed E-state index contributed by atoms with van der Waals surface area (Å²) in [7, 11) is 0. The summed E-state index contributed by atoms with van der Waals surface area (Å²) < 4.78 is 5.13. The number of likely N-dealkylation sites (tertiary alicyclic amines) is 1. The Morgan fingerprint density at radius 1 is 1.29 bits per heavy atom. The van der Waals surface area contributed by atoms with Crippen molar-refractivity contribution in [3.8, 4) is 5.75 Å². The van der Waals surface area contributed by atoms with E-state index in [1.807, 2.05) is 0 Å². The third-order valence-corrected chi connectivity index (χ3v) is 3.23. The molecule has 0 unspecified atom stereocenters. The van der Waals surface area contributed by atoms with Crippen molar-refractivity contribution in [1.29, 1.82) is 0 Å². The molecule has 0 bridgehead atoms. The van der Waals surface area contributed by atoms with Gasteiger partial charge < -0.3 is 25.2 Å². The number of carboxylic acids is 1. The Hall–Kier alpha value is -2.28. The second-order valence-corrected chi connectivity index (χ2v) is 4.83. The van der Waals surface area contributed by atoms with Crippen LogP contribution in [-0.2, 0) is 4.79 Å². The van der Waals surface area contributed by atoms with Gasteiger partial charge in [-0.15, -0.1) is 0 Å². The quantitative estimate of drug-likeness (QED) is 0.773. The van der Waals surface area contributed by atoms with E-state index in [0.29, 0.717) is 37.4 Å². The first-order valence-electron chi connectivity index (χ1n) is 6.74. The van der Waals surface area contributed by atoms with Crippen molar-refractivity contribution in [2.24, 2.45) is 0 Å². The molecule has 1 aliphatic heterocycles. The molecule has 1 aliphatic rings. The fourth-order valence-electron chi connectivity index (χ4n) is 2.10. The Bertz CT molecular complexity index is 512. The van der Waals surface area contributed by atoms with Gasteiger partial charge in [0, 0.05) is 13.1 Å². The summed E-state index contributed by atoms with van der Waals surface area (Å²) in [4.78, 5) is 24.3. The molecule has 2 rings (SSSR count). The van der Waals surface area contributed by atoms with E-state index in [4.69, 9.17) is 9.84 Å². The minimum Gasteiger partial charge on any atom is -0.480 e. The number of anilines is 1. The monoisotopic (exact) mass is 294 g/mol. The molecule has 0 aromatic heterocycles. The minimum atomic E-state index is -1.08. The van der Waals surface area contributed by atoms with Crippen LogP contribution >= 0.6 is 0 Å². The van der Waals surface area contributed by atoms with E-state index in [2.05, 4.69) is 5.32 Å². The maximum absolute atomic E-state index is 12.1. The molecule has 0 atom stereocenters. The molecule has 21 heavy (non-hydrogen) atoms. The molecule has 1 saturated heterocycles. The van der Waals surface area contributed by atoms with Crippen molar-refractivity contribution in [2.45, 2.75) is 18.9 Å². The summed E-state index contributed by atoms with van der Waals surface area (Å²) in [6.07, 6.45) is 0.773. The van der Waals surface area contributed by atoms with E-state index in [1.165, 1.54) is 0 Å². The van der Waals surface area contributed by atoms with Crippen molar-refractivity contribution >= 4 is 17.7 Å². The number of hydrogen-bond acceptors (Lipinski definition) is 4. The van der Waals surface area contributed by atoms with Crippen LogP contribution in [0.15, 0.2) is 24.3 Å². The number of piperidine rings is 1. The lowest BCUT2D eigenvalue weighted by Crippen LogP contribution is -2.42. The minimum absolute atomic E-state index is 0.284. The van der Waals surface area contributed by atoms with Crippen LogP contribution < -0.4 is 10.1 Å². The molecule has 1 aromatic carbocycles. The highest BCUT2D eigenvalue weighted by molar-refractivity contribution is 5.91. The lowest BCUT2D eigenvalue weighted by Gasteiger charge is -2.29. The molecule has 1 aromatic rings. The zero-order chi connectivity index (χ0) is 15.2. The normalized spacial score (nSPS) is 15.6. The molecule has 3 N–H and O–H groups in total. The molecule has 0 spiro atoms. The van der Waals surface area contributed by atoms with Gasteiger partial charge in [0.25, 0.3) is 0 Å². The number of benzene rings is 1. The third-order valence-electron chi connectivity index (χ3n) is 3.23. The van der Waals surface area contributed by atoms with E-state index in [-0.39, 0.29) is 12.1 Å². The number of para-hydroxylation sites is 2. The van der Waals surface area contributed by atoms with E-state index in [9.17, 15) is 14.7 Å². The molecule has 1 fully saturated rings. The van der Waals surface area contributed by atoms with Crippen LogP contribution in [0.1, 0.15) is 12.8 Å². The standard InChI is InChI=1S/C14H18N2O5/c17-10-5-7-16(8-6-10)14(20)15-11-3-1-2-4-12(11)21-9-13(18)19/h1-4,10,17H,5-9H2,(H,15,20)(H,18,19). The Labute approximate surface area is 122 Å². The molecule has 7 nitrogen and oxygen atoms in total. The Morgan fingerprint density at radius 3 is 2.62 bits per heavy atom. The zero-order valence-electron chi connectivity index (χ0n) is 11.5. The van der Waals surface area contributed by atoms with Gasteiger partial charge in [-0.25, -0.2) is 9.59 Å². The second kappa shape index (κ2) is 6.94. The highest BCUT2D eigenvalue weighted by Gasteiger charge is 2.21. The number of nitrogens with zero attached hydrogens (tertiary/aromatic N) is 1. The Balaban J connectivity index is 1.98. The van der Waals surface area contributed by atoms with Gasteiger partial charge in [0.1, 0.15) is 5.75 Å². The smallest absolute Gasteiger partial charge is 0.341 e. The third kappa shape index (κ3) is 4.35. The summed E-state index contributed by atoms with van der Waals surface area (Å²) in [6.45, 7) is 0.513. The molecule has 1 heterocycles. The number of carbonyl (C=O) groups excluding carboxylic acids is 1. The van der Waals surface area contributed by atoms with Crippen LogP contribution in [0.4, 0.5) is 10.5 Å². The van der Waals surface area contributed by atoms with E-state index in [0.717, 1.165) is 0 Å². The maximum Gasteiger partial charge on any atom is 0.341 e. The number of hydrogen-bond donors (Lipinski definition) is 3. The number of urea groups is 1. The van der Waals surface area contributed by atoms with Gasteiger partial charge in [0.05, 0.1) is 11.8 Å². The van der Waals surface area contributed by atoms with Crippen LogP contribution in [0, 0.1) is 0 Å². The molecular weight excluding hydrogens is 276 g/mol. The summed E-state index contributed by atoms with van der Waals surface area (Å²) in [5.41, 5.74) is 0.426. The fraction of sp³-hybridized carbons (Fsp3) is 0.429. The van der Waals surface area contributed by atoms with Crippen LogP contribution in [0.25, 0.3) is 0 Å². The highest BCUT2D eigenvalue weighted by Crippen LogP contribution is 2.24. The number of rotatable bonds is 4. The first-order chi connectivity index (χ1) is 10.1. The lowest BCUT2D eigenvalue weighted by molar-refractivity contribution is -0.139. The SMILES string of the molecule is O=C(O)COc1ccccc1NC(=O)N1CCC(O)CC1. The van der Waals surface area contributed by atoms with Gasteiger partial charge >= 0.3 is 12.0 Å². The number of ether oxygens (including phenoxy) is 1. The molecule has 0 saturated carbocycles. The van der Waals surface area contributed by atoms with Crippen molar-refractivity contribution in [3.05, 3.63) is 24.3 Å². The summed E-state index contributed by atoms with van der Waals surface area (Å²) in [5.74, 6) is -0.772. The van der Waals surface area contributed by atoms with Crippen LogP contribution in [0.3, 0.4) is 0 Å². The van der Waals surface area contributed by atoms with E-state index < -0.39 is 12.6 Å². The van der Waals surface area contributed by atoms with Crippen LogP contribution in [0.5, 0.6) is 5.75 Å². The average Bonchev–Trinajstić information content (AvgIpc) is 2.47. The van der Waals surface area contributed by atoms with Crippen molar-refractivity contribution in [2.75, 3.05) is 25.0 Å². The average molecular weight is 294 g/mol. The van der Waals surface area contributed by atoms with Gasteiger partial charge in [-0.3, -0.25) is 0 Å². The first kappa shape index (κ1) is 15.1. The molecule has 114 valence electrons. The molecule has 7 heteroatoms. The Kier molecular flexibility index (Phi) is 4.99. The summed E-state index contributed by atoms with van der Waals surface area (Å²) >= 11 is 0. The largest absolute Gasteiger partial charge is 0.480 e. The molecule has 2 amide bonds. The number of aliphatic hydroxyl groups is 1.